The van der Waals surface area contributed by atoms with Crippen LogP contribution in [0, 0.1) is 0 Å². The molecule has 1 fully saturated rings. The molecular formula is C15H22BrClN2O. The van der Waals surface area contributed by atoms with E-state index < -0.39 is 0 Å². The third-order valence-corrected chi connectivity index (χ3v) is 4.44. The Morgan fingerprint density at radius 2 is 2.05 bits per heavy atom. The Bertz CT molecular complexity index is 449. The van der Waals surface area contributed by atoms with Crippen molar-refractivity contribution in [3.63, 3.8) is 0 Å². The molecule has 0 unspecified atom stereocenters. The minimum absolute atomic E-state index is 0. The molecule has 0 bridgehead atoms. The van der Waals surface area contributed by atoms with Crippen LogP contribution >= 0.6 is 28.3 Å². The second-order valence-corrected chi connectivity index (χ2v) is 6.10. The molecule has 1 amide bonds. The molecule has 2 rings (SSSR count). The van der Waals surface area contributed by atoms with Crippen LogP contribution in [-0.4, -0.2) is 26.0 Å². The van der Waals surface area contributed by atoms with E-state index in [9.17, 15) is 4.79 Å². The molecule has 0 radical (unpaired) electrons. The van der Waals surface area contributed by atoms with Gasteiger partial charge >= 0.3 is 0 Å². The lowest BCUT2D eigenvalue weighted by Crippen LogP contribution is -2.32. The summed E-state index contributed by atoms with van der Waals surface area (Å²) in [6.45, 7) is 1.65. The fourth-order valence-corrected chi connectivity index (χ4v) is 3.07. The fourth-order valence-electron chi connectivity index (χ4n) is 2.37. The number of hydrogen-bond donors (Lipinski definition) is 2. The van der Waals surface area contributed by atoms with Crippen molar-refractivity contribution in [1.29, 1.82) is 0 Å². The first kappa shape index (κ1) is 17.5. The zero-order valence-electron chi connectivity index (χ0n) is 11.7. The Morgan fingerprint density at radius 3 is 2.65 bits per heavy atom. The van der Waals surface area contributed by atoms with Crippen LogP contribution in [0.15, 0.2) is 28.7 Å². The number of benzene rings is 1. The van der Waals surface area contributed by atoms with Crippen molar-refractivity contribution in [2.75, 3.05) is 20.1 Å². The van der Waals surface area contributed by atoms with E-state index in [1.807, 2.05) is 13.1 Å². The summed E-state index contributed by atoms with van der Waals surface area (Å²) in [6, 6.07) is 8.32. The number of rotatable bonds is 7. The summed E-state index contributed by atoms with van der Waals surface area (Å²) in [5.74, 6) is 0.161. The number of nitrogens with one attached hydrogen (secondary N) is 2. The quantitative estimate of drug-likeness (QED) is 0.733. The van der Waals surface area contributed by atoms with Crippen molar-refractivity contribution in [1.82, 2.24) is 10.6 Å². The van der Waals surface area contributed by atoms with Crippen LogP contribution in [0.25, 0.3) is 0 Å². The fraction of sp³-hybridized carbons (Fsp3) is 0.533. The van der Waals surface area contributed by atoms with E-state index in [0.29, 0.717) is 6.42 Å². The van der Waals surface area contributed by atoms with E-state index in [1.54, 1.807) is 0 Å². The molecule has 5 heteroatoms. The van der Waals surface area contributed by atoms with E-state index in [-0.39, 0.29) is 23.7 Å². The van der Waals surface area contributed by atoms with E-state index in [0.717, 1.165) is 36.8 Å². The van der Waals surface area contributed by atoms with Crippen LogP contribution in [0.2, 0.25) is 0 Å². The van der Waals surface area contributed by atoms with Crippen molar-refractivity contribution in [2.45, 2.75) is 31.1 Å². The lowest BCUT2D eigenvalue weighted by Gasteiger charge is -2.18. The van der Waals surface area contributed by atoms with Crippen LogP contribution < -0.4 is 10.6 Å². The van der Waals surface area contributed by atoms with Gasteiger partial charge in [-0.2, -0.15) is 0 Å². The molecule has 0 aromatic heterocycles. The van der Waals surface area contributed by atoms with Crippen molar-refractivity contribution in [3.05, 3.63) is 34.3 Å². The molecule has 0 heterocycles. The summed E-state index contributed by atoms with van der Waals surface area (Å²) < 4.78 is 1.15. The molecular weight excluding hydrogens is 340 g/mol. The molecule has 1 aromatic carbocycles. The number of halogens is 2. The number of carbonyl (C=O) groups is 1. The van der Waals surface area contributed by atoms with Gasteiger partial charge in [0.2, 0.25) is 5.91 Å². The van der Waals surface area contributed by atoms with Gasteiger partial charge in [-0.15, -0.1) is 12.4 Å². The van der Waals surface area contributed by atoms with E-state index in [2.05, 4.69) is 44.8 Å². The molecule has 1 aliphatic rings. The highest BCUT2D eigenvalue weighted by molar-refractivity contribution is 9.10. The van der Waals surface area contributed by atoms with Gasteiger partial charge in [-0.1, -0.05) is 34.1 Å². The maximum Gasteiger partial charge on any atom is 0.220 e. The molecule has 112 valence electrons. The molecule has 0 saturated heterocycles. The summed E-state index contributed by atoms with van der Waals surface area (Å²) >= 11 is 3.61. The predicted octanol–water partition coefficient (Wildman–Crippen LogP) is 3.02. The molecule has 1 aliphatic carbocycles. The molecule has 20 heavy (non-hydrogen) atoms. The molecule has 1 aromatic rings. The largest absolute Gasteiger partial charge is 0.355 e. The average Bonchev–Trinajstić information content (AvgIpc) is 3.18. The van der Waals surface area contributed by atoms with Gasteiger partial charge in [0.25, 0.3) is 0 Å². The van der Waals surface area contributed by atoms with E-state index in [1.165, 1.54) is 5.56 Å². The topological polar surface area (TPSA) is 41.1 Å². The first-order valence-corrected chi connectivity index (χ1v) is 7.63. The van der Waals surface area contributed by atoms with Crippen molar-refractivity contribution in [3.8, 4) is 0 Å². The van der Waals surface area contributed by atoms with Gasteiger partial charge in [-0.25, -0.2) is 0 Å². The van der Waals surface area contributed by atoms with Crippen LogP contribution in [0.3, 0.4) is 0 Å². The van der Waals surface area contributed by atoms with Gasteiger partial charge in [0.1, 0.15) is 0 Å². The van der Waals surface area contributed by atoms with Gasteiger partial charge in [0, 0.05) is 22.9 Å². The smallest absolute Gasteiger partial charge is 0.220 e. The summed E-state index contributed by atoms with van der Waals surface area (Å²) in [5, 5.41) is 6.14. The summed E-state index contributed by atoms with van der Waals surface area (Å²) in [7, 11) is 1.91. The second-order valence-electron chi connectivity index (χ2n) is 5.24. The Balaban J connectivity index is 0.00000200. The van der Waals surface area contributed by atoms with Gasteiger partial charge in [-0.3, -0.25) is 4.79 Å². The molecule has 1 saturated carbocycles. The van der Waals surface area contributed by atoms with Crippen LogP contribution in [0.5, 0.6) is 0 Å². The lowest BCUT2D eigenvalue weighted by molar-refractivity contribution is -0.121. The molecule has 2 N–H and O–H groups in total. The third kappa shape index (κ3) is 4.47. The molecule has 0 spiro atoms. The highest BCUT2D eigenvalue weighted by Crippen LogP contribution is 2.49. The minimum Gasteiger partial charge on any atom is -0.355 e. The Kier molecular flexibility index (Phi) is 7.00. The summed E-state index contributed by atoms with van der Waals surface area (Å²) in [5.41, 5.74) is 1.49. The highest BCUT2D eigenvalue weighted by Gasteiger charge is 2.45. The van der Waals surface area contributed by atoms with Crippen LogP contribution in [-0.2, 0) is 10.2 Å². The monoisotopic (exact) mass is 360 g/mol. The maximum absolute atomic E-state index is 11.8. The van der Waals surface area contributed by atoms with Gasteiger partial charge < -0.3 is 10.6 Å². The maximum atomic E-state index is 11.8. The van der Waals surface area contributed by atoms with Gasteiger partial charge in [0.15, 0.2) is 0 Å². The highest BCUT2D eigenvalue weighted by atomic mass is 79.9. The zero-order valence-corrected chi connectivity index (χ0v) is 14.1. The SMILES string of the molecule is CNCCCC(=O)NCC1(c2ccccc2Br)CC1.Cl. The van der Waals surface area contributed by atoms with E-state index >= 15 is 0 Å². The predicted molar refractivity (Wildman–Crippen MR) is 88.5 cm³/mol. The Morgan fingerprint density at radius 1 is 1.35 bits per heavy atom. The zero-order chi connectivity index (χ0) is 13.7. The standard InChI is InChI=1S/C15H21BrN2O.ClH/c1-17-10-4-7-14(19)18-11-15(8-9-15)12-5-2-3-6-13(12)16;/h2-3,5-6,17H,4,7-11H2,1H3,(H,18,19);1H. The normalized spacial score (nSPS) is 15.3. The van der Waals surface area contributed by atoms with Crippen LogP contribution in [0.1, 0.15) is 31.2 Å². The van der Waals surface area contributed by atoms with Gasteiger partial charge in [-0.05, 0) is 44.5 Å². The van der Waals surface area contributed by atoms with Crippen molar-refractivity contribution >= 4 is 34.2 Å². The average molecular weight is 362 g/mol. The van der Waals surface area contributed by atoms with E-state index in [4.69, 9.17) is 0 Å². The summed E-state index contributed by atoms with van der Waals surface area (Å²) in [6.07, 6.45) is 3.82. The second kappa shape index (κ2) is 8.01. The van der Waals surface area contributed by atoms with Crippen molar-refractivity contribution < 1.29 is 4.79 Å². The Hall–Kier alpha value is -0.580. The number of hydrogen-bond acceptors (Lipinski definition) is 2. The summed E-state index contributed by atoms with van der Waals surface area (Å²) in [4.78, 5) is 11.8. The Labute approximate surface area is 135 Å². The third-order valence-electron chi connectivity index (χ3n) is 3.75. The van der Waals surface area contributed by atoms with Gasteiger partial charge in [0.05, 0.1) is 0 Å². The first-order chi connectivity index (χ1) is 9.18. The molecule has 0 aliphatic heterocycles. The number of amides is 1. The molecule has 0 atom stereocenters. The lowest BCUT2D eigenvalue weighted by atomic mass is 9.96. The minimum atomic E-state index is 0. The molecule has 3 nitrogen and oxygen atoms in total. The van der Waals surface area contributed by atoms with Crippen molar-refractivity contribution in [2.24, 2.45) is 0 Å². The first-order valence-electron chi connectivity index (χ1n) is 6.84. The number of carbonyl (C=O) groups excluding carboxylic acids is 1. The van der Waals surface area contributed by atoms with Crippen LogP contribution in [0.4, 0.5) is 0 Å².